The smallest absolute Gasteiger partial charge is 0.156 e. The van der Waals surface area contributed by atoms with Crippen molar-refractivity contribution in [3.63, 3.8) is 0 Å². The first kappa shape index (κ1) is 6.26. The molecule has 0 aliphatic carbocycles. The van der Waals surface area contributed by atoms with Crippen molar-refractivity contribution < 1.29 is 4.79 Å². The van der Waals surface area contributed by atoms with Crippen LogP contribution in [0.15, 0.2) is 5.10 Å². The summed E-state index contributed by atoms with van der Waals surface area (Å²) >= 11 is 0. The van der Waals surface area contributed by atoms with Crippen LogP contribution in [0.4, 0.5) is 0 Å². The van der Waals surface area contributed by atoms with Crippen LogP contribution in [0.1, 0.15) is 19.8 Å². The third kappa shape index (κ3) is 1.28. The molecule has 0 saturated heterocycles. The highest BCUT2D eigenvalue weighted by atomic mass is 16.1. The summed E-state index contributed by atoms with van der Waals surface area (Å²) < 4.78 is 0. The lowest BCUT2D eigenvalue weighted by atomic mass is 10.1. The van der Waals surface area contributed by atoms with Crippen molar-refractivity contribution in [1.29, 1.82) is 0 Å². The fourth-order valence-corrected chi connectivity index (χ4v) is 0.803. The van der Waals surface area contributed by atoms with Crippen molar-refractivity contribution >= 4 is 12.0 Å². The molecule has 1 unspecified atom stereocenters. The Balaban J connectivity index is 2.36. The molecule has 0 saturated carbocycles. The average Bonchev–Trinajstić information content (AvgIpc) is 2.37. The molecule has 0 aromatic rings. The molecule has 0 aromatic heterocycles. The van der Waals surface area contributed by atoms with Gasteiger partial charge in [-0.1, -0.05) is 6.92 Å². The molecule has 0 fully saturated rings. The highest BCUT2D eigenvalue weighted by Gasteiger charge is 2.16. The van der Waals surface area contributed by atoms with Crippen LogP contribution in [-0.2, 0) is 4.79 Å². The lowest BCUT2D eigenvalue weighted by molar-refractivity contribution is -0.120. The minimum Gasteiger partial charge on any atom is -0.300 e. The van der Waals surface area contributed by atoms with Crippen LogP contribution in [0.2, 0.25) is 0 Å². The molecule has 3 nitrogen and oxygen atoms in total. The van der Waals surface area contributed by atoms with E-state index in [4.69, 9.17) is 0 Å². The Bertz CT molecular complexity index is 134. The van der Waals surface area contributed by atoms with Crippen molar-refractivity contribution in [3.05, 3.63) is 0 Å². The van der Waals surface area contributed by atoms with Gasteiger partial charge in [-0.2, -0.15) is 5.10 Å². The summed E-state index contributed by atoms with van der Waals surface area (Å²) in [5.74, 6) is 0.243. The summed E-state index contributed by atoms with van der Waals surface area (Å²) in [6.45, 7) is 1.86. The maximum Gasteiger partial charge on any atom is 0.156 e. The number of rotatable bonds is 2. The SMILES string of the molecule is CCC(=O)C1CC=NN1. The summed E-state index contributed by atoms with van der Waals surface area (Å²) in [5, 5.41) is 3.74. The fourth-order valence-electron chi connectivity index (χ4n) is 0.803. The quantitative estimate of drug-likeness (QED) is 0.578. The Kier molecular flexibility index (Phi) is 1.82. The van der Waals surface area contributed by atoms with E-state index in [0.29, 0.717) is 6.42 Å². The second-order valence-corrected chi connectivity index (χ2v) is 2.05. The zero-order valence-corrected chi connectivity index (χ0v) is 5.42. The molecule has 1 heterocycles. The van der Waals surface area contributed by atoms with Gasteiger partial charge in [-0.3, -0.25) is 10.2 Å². The first-order valence-electron chi connectivity index (χ1n) is 3.14. The Morgan fingerprint density at radius 3 is 3.22 bits per heavy atom. The zero-order chi connectivity index (χ0) is 6.69. The second kappa shape index (κ2) is 2.62. The summed E-state index contributed by atoms with van der Waals surface area (Å²) in [6.07, 6.45) is 3.09. The molecule has 9 heavy (non-hydrogen) atoms. The number of Topliss-reactive ketones (excluding diaryl/α,β-unsaturated/α-hetero) is 1. The number of nitrogens with one attached hydrogen (secondary N) is 1. The van der Waals surface area contributed by atoms with Crippen LogP contribution in [0.3, 0.4) is 0 Å². The van der Waals surface area contributed by atoms with E-state index in [1.54, 1.807) is 6.21 Å². The largest absolute Gasteiger partial charge is 0.300 e. The molecule has 50 valence electrons. The Morgan fingerprint density at radius 1 is 2.00 bits per heavy atom. The van der Waals surface area contributed by atoms with Crippen LogP contribution in [-0.4, -0.2) is 18.0 Å². The molecule has 0 bridgehead atoms. The minimum atomic E-state index is -0.0324. The number of hydrazone groups is 1. The molecule has 1 atom stereocenters. The van der Waals surface area contributed by atoms with E-state index in [9.17, 15) is 4.79 Å². The van der Waals surface area contributed by atoms with Gasteiger partial charge in [-0.25, -0.2) is 0 Å². The molecule has 0 aromatic carbocycles. The monoisotopic (exact) mass is 126 g/mol. The van der Waals surface area contributed by atoms with Crippen molar-refractivity contribution in [2.24, 2.45) is 5.10 Å². The standard InChI is InChI=1S/C6H10N2O/c1-2-6(9)5-3-4-7-8-5/h4-5,8H,2-3H2,1H3. The molecule has 1 N–H and O–H groups in total. The number of ketones is 1. The van der Waals surface area contributed by atoms with Crippen LogP contribution < -0.4 is 5.43 Å². The van der Waals surface area contributed by atoms with Crippen molar-refractivity contribution in [3.8, 4) is 0 Å². The second-order valence-electron chi connectivity index (χ2n) is 2.05. The molecule has 3 heteroatoms. The number of hydrogen-bond donors (Lipinski definition) is 1. The van der Waals surface area contributed by atoms with E-state index in [1.807, 2.05) is 6.92 Å². The van der Waals surface area contributed by atoms with Gasteiger partial charge in [0, 0.05) is 19.1 Å². The molecule has 1 aliphatic heterocycles. The molecule has 0 spiro atoms. The van der Waals surface area contributed by atoms with Gasteiger partial charge in [0.2, 0.25) is 0 Å². The lowest BCUT2D eigenvalue weighted by Gasteiger charge is -2.04. The van der Waals surface area contributed by atoms with Crippen LogP contribution in [0.25, 0.3) is 0 Å². The Hall–Kier alpha value is -0.860. The fraction of sp³-hybridized carbons (Fsp3) is 0.667. The van der Waals surface area contributed by atoms with Crippen LogP contribution >= 0.6 is 0 Å². The van der Waals surface area contributed by atoms with Gasteiger partial charge in [0.1, 0.15) is 6.04 Å². The van der Waals surface area contributed by atoms with Gasteiger partial charge in [-0.05, 0) is 0 Å². The molecule has 1 aliphatic rings. The summed E-state index contributed by atoms with van der Waals surface area (Å²) in [4.78, 5) is 10.9. The molecule has 0 radical (unpaired) electrons. The van der Waals surface area contributed by atoms with Gasteiger partial charge in [0.25, 0.3) is 0 Å². The summed E-state index contributed by atoms with van der Waals surface area (Å²) in [7, 11) is 0. The van der Waals surface area contributed by atoms with Gasteiger partial charge < -0.3 is 0 Å². The molecular formula is C6H10N2O. The molecular weight excluding hydrogens is 116 g/mol. The first-order valence-corrected chi connectivity index (χ1v) is 3.14. The highest BCUT2D eigenvalue weighted by molar-refractivity contribution is 5.87. The number of carbonyl (C=O) groups is 1. The Morgan fingerprint density at radius 2 is 2.78 bits per heavy atom. The van der Waals surface area contributed by atoms with Crippen molar-refractivity contribution in [2.75, 3.05) is 0 Å². The van der Waals surface area contributed by atoms with Gasteiger partial charge in [0.05, 0.1) is 0 Å². The lowest BCUT2D eigenvalue weighted by Crippen LogP contribution is -2.28. The Labute approximate surface area is 54.1 Å². The van der Waals surface area contributed by atoms with E-state index in [2.05, 4.69) is 10.5 Å². The van der Waals surface area contributed by atoms with Gasteiger partial charge in [0.15, 0.2) is 5.78 Å². The third-order valence-electron chi connectivity index (χ3n) is 1.40. The number of carbonyl (C=O) groups excluding carboxylic acids is 1. The van der Waals surface area contributed by atoms with Crippen molar-refractivity contribution in [2.45, 2.75) is 25.8 Å². The maximum absolute atomic E-state index is 10.9. The normalized spacial score (nSPS) is 23.9. The third-order valence-corrected chi connectivity index (χ3v) is 1.40. The van der Waals surface area contributed by atoms with E-state index in [-0.39, 0.29) is 11.8 Å². The number of hydrogen-bond acceptors (Lipinski definition) is 3. The molecule has 1 rings (SSSR count). The predicted molar refractivity (Wildman–Crippen MR) is 35.3 cm³/mol. The van der Waals surface area contributed by atoms with Crippen LogP contribution in [0, 0.1) is 0 Å². The van der Waals surface area contributed by atoms with Crippen molar-refractivity contribution in [1.82, 2.24) is 5.43 Å². The number of nitrogens with zero attached hydrogens (tertiary/aromatic N) is 1. The minimum absolute atomic E-state index is 0.0324. The predicted octanol–water partition coefficient (Wildman–Crippen LogP) is 0.313. The van der Waals surface area contributed by atoms with Gasteiger partial charge in [-0.15, -0.1) is 0 Å². The summed E-state index contributed by atoms with van der Waals surface area (Å²) in [5.41, 5.74) is 2.73. The zero-order valence-electron chi connectivity index (χ0n) is 5.42. The van der Waals surface area contributed by atoms with E-state index < -0.39 is 0 Å². The summed E-state index contributed by atoms with van der Waals surface area (Å²) in [6, 6.07) is -0.0324. The topological polar surface area (TPSA) is 41.5 Å². The highest BCUT2D eigenvalue weighted by Crippen LogP contribution is 1.99. The van der Waals surface area contributed by atoms with E-state index >= 15 is 0 Å². The van der Waals surface area contributed by atoms with Gasteiger partial charge >= 0.3 is 0 Å². The molecule has 0 amide bonds. The van der Waals surface area contributed by atoms with Crippen LogP contribution in [0.5, 0.6) is 0 Å². The average molecular weight is 126 g/mol. The maximum atomic E-state index is 10.9. The van der Waals surface area contributed by atoms with E-state index in [1.165, 1.54) is 0 Å². The first-order chi connectivity index (χ1) is 4.34. The van der Waals surface area contributed by atoms with E-state index in [0.717, 1.165) is 6.42 Å².